The molecule has 1 amide bonds. The highest BCUT2D eigenvalue weighted by molar-refractivity contribution is 6.08. The zero-order valence-corrected chi connectivity index (χ0v) is 14.9. The minimum Gasteiger partial charge on any atom is -0.306 e. The second kappa shape index (κ2) is 7.35. The molecule has 0 saturated carbocycles. The number of nitrogens with one attached hydrogen (secondary N) is 1. The SMILES string of the molecule is O=C(Nc1ccc2ccccc2n1)c1cccnc1-c1ccc(C(F)(F)F)cc1. The molecule has 0 aliphatic heterocycles. The summed E-state index contributed by atoms with van der Waals surface area (Å²) in [5.41, 5.74) is 0.917. The summed E-state index contributed by atoms with van der Waals surface area (Å²) in [4.78, 5) is 21.4. The third kappa shape index (κ3) is 3.94. The molecule has 7 heteroatoms. The minimum absolute atomic E-state index is 0.238. The molecular weight excluding hydrogens is 379 g/mol. The van der Waals surface area contributed by atoms with E-state index in [2.05, 4.69) is 15.3 Å². The second-order valence-corrected chi connectivity index (χ2v) is 6.32. The van der Waals surface area contributed by atoms with Crippen molar-refractivity contribution >= 4 is 22.6 Å². The van der Waals surface area contributed by atoms with Crippen molar-refractivity contribution in [2.24, 2.45) is 0 Å². The first-order valence-corrected chi connectivity index (χ1v) is 8.71. The number of alkyl halides is 3. The van der Waals surface area contributed by atoms with E-state index in [1.807, 2.05) is 30.3 Å². The van der Waals surface area contributed by atoms with E-state index in [9.17, 15) is 18.0 Å². The number of fused-ring (bicyclic) bond motifs is 1. The highest BCUT2D eigenvalue weighted by Crippen LogP contribution is 2.31. The van der Waals surface area contributed by atoms with Crippen molar-refractivity contribution < 1.29 is 18.0 Å². The molecule has 0 fully saturated rings. The summed E-state index contributed by atoms with van der Waals surface area (Å²) in [7, 11) is 0. The zero-order chi connectivity index (χ0) is 20.4. The molecule has 144 valence electrons. The van der Waals surface area contributed by atoms with Crippen LogP contribution in [0.15, 0.2) is 79.0 Å². The van der Waals surface area contributed by atoms with Crippen LogP contribution < -0.4 is 5.32 Å². The fraction of sp³-hybridized carbons (Fsp3) is 0.0455. The molecule has 0 atom stereocenters. The van der Waals surface area contributed by atoms with Gasteiger partial charge in [0.2, 0.25) is 0 Å². The Balaban J connectivity index is 1.64. The maximum atomic E-state index is 12.8. The van der Waals surface area contributed by atoms with Crippen LogP contribution in [-0.2, 0) is 6.18 Å². The molecule has 4 rings (SSSR count). The molecule has 0 aliphatic carbocycles. The van der Waals surface area contributed by atoms with Crippen molar-refractivity contribution in [3.63, 3.8) is 0 Å². The van der Waals surface area contributed by atoms with E-state index in [0.29, 0.717) is 17.1 Å². The highest BCUT2D eigenvalue weighted by Gasteiger charge is 2.30. The summed E-state index contributed by atoms with van der Waals surface area (Å²) in [5.74, 6) is -0.0771. The quantitative estimate of drug-likeness (QED) is 0.495. The first-order valence-electron chi connectivity index (χ1n) is 8.71. The predicted octanol–water partition coefficient (Wildman–Crippen LogP) is 5.57. The van der Waals surface area contributed by atoms with Gasteiger partial charge in [-0.1, -0.05) is 30.3 Å². The van der Waals surface area contributed by atoms with Crippen molar-refractivity contribution in [2.45, 2.75) is 6.18 Å². The number of para-hydroxylation sites is 1. The van der Waals surface area contributed by atoms with Crippen LogP contribution in [0.2, 0.25) is 0 Å². The molecule has 2 aromatic carbocycles. The van der Waals surface area contributed by atoms with E-state index < -0.39 is 17.6 Å². The summed E-state index contributed by atoms with van der Waals surface area (Å²) in [6.07, 6.45) is -2.94. The number of carbonyl (C=O) groups excluding carboxylic acids is 1. The van der Waals surface area contributed by atoms with Gasteiger partial charge in [0.15, 0.2) is 0 Å². The van der Waals surface area contributed by atoms with Crippen LogP contribution in [0.5, 0.6) is 0 Å². The van der Waals surface area contributed by atoms with Crippen LogP contribution in [0, 0.1) is 0 Å². The van der Waals surface area contributed by atoms with Gasteiger partial charge in [-0.3, -0.25) is 9.78 Å². The van der Waals surface area contributed by atoms with Crippen LogP contribution in [0.25, 0.3) is 22.2 Å². The molecule has 0 saturated heterocycles. The molecule has 0 spiro atoms. The zero-order valence-electron chi connectivity index (χ0n) is 14.9. The number of halogens is 3. The molecule has 4 nitrogen and oxygen atoms in total. The molecule has 2 heterocycles. The molecule has 0 radical (unpaired) electrons. The van der Waals surface area contributed by atoms with Crippen molar-refractivity contribution in [3.8, 4) is 11.3 Å². The van der Waals surface area contributed by atoms with E-state index >= 15 is 0 Å². The number of hydrogen-bond donors (Lipinski definition) is 1. The Kier molecular flexibility index (Phi) is 4.72. The van der Waals surface area contributed by atoms with E-state index in [0.717, 1.165) is 23.0 Å². The van der Waals surface area contributed by atoms with E-state index in [4.69, 9.17) is 0 Å². The van der Waals surface area contributed by atoms with Crippen LogP contribution in [-0.4, -0.2) is 15.9 Å². The molecule has 0 unspecified atom stereocenters. The maximum absolute atomic E-state index is 12.8. The van der Waals surface area contributed by atoms with Gasteiger partial charge >= 0.3 is 6.18 Å². The lowest BCUT2D eigenvalue weighted by Crippen LogP contribution is -2.14. The molecular formula is C22H14F3N3O. The van der Waals surface area contributed by atoms with Gasteiger partial charge in [0, 0.05) is 17.1 Å². The summed E-state index contributed by atoms with van der Waals surface area (Å²) in [6.45, 7) is 0. The molecule has 0 aliphatic rings. The number of nitrogens with zero attached hydrogens (tertiary/aromatic N) is 2. The molecule has 4 aromatic rings. The Morgan fingerprint density at radius 1 is 0.862 bits per heavy atom. The van der Waals surface area contributed by atoms with E-state index in [-0.39, 0.29) is 5.56 Å². The van der Waals surface area contributed by atoms with Gasteiger partial charge in [0.25, 0.3) is 5.91 Å². The van der Waals surface area contributed by atoms with Gasteiger partial charge in [-0.25, -0.2) is 4.98 Å². The van der Waals surface area contributed by atoms with Crippen molar-refractivity contribution in [1.82, 2.24) is 9.97 Å². The van der Waals surface area contributed by atoms with Gasteiger partial charge < -0.3 is 5.32 Å². The Morgan fingerprint density at radius 3 is 2.38 bits per heavy atom. The van der Waals surface area contributed by atoms with Gasteiger partial charge in [-0.2, -0.15) is 13.2 Å². The lowest BCUT2D eigenvalue weighted by atomic mass is 10.0. The average Bonchev–Trinajstić information content (AvgIpc) is 2.73. The van der Waals surface area contributed by atoms with E-state index in [1.54, 1.807) is 18.2 Å². The molecule has 2 aromatic heterocycles. The number of carbonyl (C=O) groups is 1. The average molecular weight is 393 g/mol. The summed E-state index contributed by atoms with van der Waals surface area (Å²) in [6, 6.07) is 18.7. The lowest BCUT2D eigenvalue weighted by Gasteiger charge is -2.11. The van der Waals surface area contributed by atoms with Crippen LogP contribution in [0.1, 0.15) is 15.9 Å². The number of anilines is 1. The van der Waals surface area contributed by atoms with Gasteiger partial charge in [-0.15, -0.1) is 0 Å². The number of pyridine rings is 2. The fourth-order valence-electron chi connectivity index (χ4n) is 2.95. The normalized spacial score (nSPS) is 11.4. The van der Waals surface area contributed by atoms with E-state index in [1.165, 1.54) is 18.3 Å². The van der Waals surface area contributed by atoms with Crippen LogP contribution >= 0.6 is 0 Å². The Bertz CT molecular complexity index is 1190. The topological polar surface area (TPSA) is 54.9 Å². The first kappa shape index (κ1) is 18.6. The second-order valence-electron chi connectivity index (χ2n) is 6.32. The maximum Gasteiger partial charge on any atom is 0.416 e. The third-order valence-corrected chi connectivity index (χ3v) is 4.38. The van der Waals surface area contributed by atoms with Gasteiger partial charge in [-0.05, 0) is 42.5 Å². The smallest absolute Gasteiger partial charge is 0.306 e. The summed E-state index contributed by atoms with van der Waals surface area (Å²) >= 11 is 0. The van der Waals surface area contributed by atoms with Gasteiger partial charge in [0.1, 0.15) is 5.82 Å². The number of amides is 1. The number of benzene rings is 2. The fourth-order valence-corrected chi connectivity index (χ4v) is 2.95. The van der Waals surface area contributed by atoms with Crippen molar-refractivity contribution in [2.75, 3.05) is 5.32 Å². The van der Waals surface area contributed by atoms with Crippen LogP contribution in [0.4, 0.5) is 19.0 Å². The number of rotatable bonds is 3. The predicted molar refractivity (Wildman–Crippen MR) is 104 cm³/mol. The van der Waals surface area contributed by atoms with Gasteiger partial charge in [0.05, 0.1) is 22.3 Å². The highest BCUT2D eigenvalue weighted by atomic mass is 19.4. The lowest BCUT2D eigenvalue weighted by molar-refractivity contribution is -0.137. The monoisotopic (exact) mass is 393 g/mol. The van der Waals surface area contributed by atoms with Crippen molar-refractivity contribution in [3.05, 3.63) is 90.1 Å². The standard InChI is InChI=1S/C22H14F3N3O/c23-22(24,25)16-10-7-15(8-11-16)20-17(5-3-13-26-20)21(29)28-19-12-9-14-4-1-2-6-18(14)27-19/h1-13H,(H,27,28,29). The number of hydrogen-bond acceptors (Lipinski definition) is 3. The molecule has 0 bridgehead atoms. The Labute approximate surface area is 164 Å². The minimum atomic E-state index is -4.43. The molecule has 1 N–H and O–H groups in total. The Hall–Kier alpha value is -3.74. The largest absolute Gasteiger partial charge is 0.416 e. The van der Waals surface area contributed by atoms with Crippen LogP contribution in [0.3, 0.4) is 0 Å². The summed E-state index contributed by atoms with van der Waals surface area (Å²) < 4.78 is 38.4. The summed E-state index contributed by atoms with van der Waals surface area (Å²) in [5, 5.41) is 3.67. The molecule has 29 heavy (non-hydrogen) atoms. The third-order valence-electron chi connectivity index (χ3n) is 4.38. The van der Waals surface area contributed by atoms with Crippen molar-refractivity contribution in [1.29, 1.82) is 0 Å². The Morgan fingerprint density at radius 2 is 1.62 bits per heavy atom. The number of aromatic nitrogens is 2. The first-order chi connectivity index (χ1) is 13.9.